The average Bonchev–Trinajstić information content (AvgIpc) is 2.86. The first-order valence-electron chi connectivity index (χ1n) is 8.07. The second-order valence-electron chi connectivity index (χ2n) is 5.45. The summed E-state index contributed by atoms with van der Waals surface area (Å²) in [7, 11) is 0. The van der Waals surface area contributed by atoms with Gasteiger partial charge in [-0.05, 0) is 43.2 Å². The highest BCUT2D eigenvalue weighted by Crippen LogP contribution is 2.32. The summed E-state index contributed by atoms with van der Waals surface area (Å²) in [6.45, 7) is 2.27. The highest BCUT2D eigenvalue weighted by molar-refractivity contribution is 8.18. The van der Waals surface area contributed by atoms with E-state index >= 15 is 0 Å². The van der Waals surface area contributed by atoms with Crippen LogP contribution >= 0.6 is 11.8 Å². The normalized spacial score (nSPS) is 15.6. The lowest BCUT2D eigenvalue weighted by atomic mass is 10.2. The first-order chi connectivity index (χ1) is 12.4. The van der Waals surface area contributed by atoms with E-state index in [1.54, 1.807) is 13.0 Å². The number of benzene rings is 1. The number of rotatable bonds is 8. The Morgan fingerprint density at radius 1 is 1.35 bits per heavy atom. The van der Waals surface area contributed by atoms with Crippen LogP contribution in [0.25, 0.3) is 6.08 Å². The van der Waals surface area contributed by atoms with Crippen molar-refractivity contribution in [1.29, 1.82) is 0 Å². The fourth-order valence-corrected chi connectivity index (χ4v) is 3.21. The largest absolute Gasteiger partial charge is 0.466 e. The topological polar surface area (TPSA) is 107 Å². The number of amides is 2. The van der Waals surface area contributed by atoms with E-state index in [-0.39, 0.29) is 34.8 Å². The predicted octanol–water partition coefficient (Wildman–Crippen LogP) is 3.36. The molecule has 1 aromatic carbocycles. The van der Waals surface area contributed by atoms with E-state index in [1.807, 2.05) is 0 Å². The molecule has 8 nitrogen and oxygen atoms in total. The molecule has 0 aliphatic carbocycles. The number of ether oxygens (including phenoxy) is 1. The number of carbonyl (C=O) groups excluding carboxylic acids is 3. The Morgan fingerprint density at radius 2 is 2.12 bits per heavy atom. The Morgan fingerprint density at radius 3 is 2.81 bits per heavy atom. The van der Waals surface area contributed by atoms with Gasteiger partial charge in [0.25, 0.3) is 16.8 Å². The zero-order valence-corrected chi connectivity index (χ0v) is 15.0. The van der Waals surface area contributed by atoms with Crippen LogP contribution < -0.4 is 0 Å². The molecule has 1 fully saturated rings. The van der Waals surface area contributed by atoms with Crippen molar-refractivity contribution < 1.29 is 24.0 Å². The lowest BCUT2D eigenvalue weighted by Gasteiger charge is -2.11. The maximum atomic E-state index is 12.4. The Labute approximate surface area is 154 Å². The van der Waals surface area contributed by atoms with Crippen LogP contribution in [0.5, 0.6) is 0 Å². The molecule has 0 atom stereocenters. The first kappa shape index (κ1) is 19.6. The van der Waals surface area contributed by atoms with Gasteiger partial charge in [0, 0.05) is 25.1 Å². The van der Waals surface area contributed by atoms with E-state index in [0.717, 1.165) is 16.7 Å². The summed E-state index contributed by atoms with van der Waals surface area (Å²) in [4.78, 5) is 47.3. The molecule has 1 heterocycles. The van der Waals surface area contributed by atoms with Crippen LogP contribution in [0.15, 0.2) is 29.2 Å². The van der Waals surface area contributed by atoms with Gasteiger partial charge in [0.05, 0.1) is 16.4 Å². The molecule has 1 saturated heterocycles. The van der Waals surface area contributed by atoms with Crippen LogP contribution in [0, 0.1) is 10.1 Å². The third-order valence-corrected chi connectivity index (χ3v) is 4.48. The molecule has 0 radical (unpaired) electrons. The monoisotopic (exact) mass is 378 g/mol. The van der Waals surface area contributed by atoms with Crippen molar-refractivity contribution in [2.45, 2.75) is 26.2 Å². The third kappa shape index (κ3) is 5.16. The molecule has 1 aromatic rings. The molecular formula is C17H18N2O6S. The first-order valence-corrected chi connectivity index (χ1v) is 8.89. The summed E-state index contributed by atoms with van der Waals surface area (Å²) < 4.78 is 4.82. The van der Waals surface area contributed by atoms with Crippen LogP contribution in [0.2, 0.25) is 0 Å². The number of esters is 1. The highest BCUT2D eigenvalue weighted by Gasteiger charge is 2.34. The number of imide groups is 1. The number of thioether (sulfide) groups is 1. The lowest BCUT2D eigenvalue weighted by Crippen LogP contribution is -2.29. The molecule has 9 heteroatoms. The summed E-state index contributed by atoms with van der Waals surface area (Å²) in [5.74, 6) is -0.727. The summed E-state index contributed by atoms with van der Waals surface area (Å²) in [5.41, 5.74) is 0.393. The van der Waals surface area contributed by atoms with Crippen LogP contribution in [-0.4, -0.2) is 40.1 Å². The van der Waals surface area contributed by atoms with Crippen LogP contribution in [-0.2, 0) is 14.3 Å². The minimum Gasteiger partial charge on any atom is -0.466 e. The van der Waals surface area contributed by atoms with Crippen molar-refractivity contribution in [1.82, 2.24) is 4.90 Å². The zero-order valence-electron chi connectivity index (χ0n) is 14.2. The predicted molar refractivity (Wildman–Crippen MR) is 96.3 cm³/mol. The van der Waals surface area contributed by atoms with Gasteiger partial charge >= 0.3 is 5.97 Å². The zero-order chi connectivity index (χ0) is 19.1. The molecule has 26 heavy (non-hydrogen) atoms. The Kier molecular flexibility index (Phi) is 6.90. The maximum Gasteiger partial charge on any atom is 0.305 e. The molecule has 1 aliphatic rings. The van der Waals surface area contributed by atoms with E-state index in [2.05, 4.69) is 0 Å². The van der Waals surface area contributed by atoms with Gasteiger partial charge in [0.2, 0.25) is 0 Å². The average molecular weight is 378 g/mol. The third-order valence-electron chi connectivity index (χ3n) is 3.57. The molecule has 0 spiro atoms. The van der Waals surface area contributed by atoms with Gasteiger partial charge in [-0.25, -0.2) is 0 Å². The Bertz CT molecular complexity index is 761. The number of nitro groups is 1. The minimum absolute atomic E-state index is 0.0862. The number of non-ortho nitro benzene ring substituents is 1. The van der Waals surface area contributed by atoms with Crippen LogP contribution in [0.4, 0.5) is 10.5 Å². The molecule has 0 saturated carbocycles. The Balaban J connectivity index is 1.96. The van der Waals surface area contributed by atoms with Gasteiger partial charge < -0.3 is 4.74 Å². The summed E-state index contributed by atoms with van der Waals surface area (Å²) in [5, 5.41) is 10.4. The number of unbranched alkanes of at least 4 members (excludes halogenated alkanes) is 1. The van der Waals surface area contributed by atoms with E-state index in [4.69, 9.17) is 4.74 Å². The van der Waals surface area contributed by atoms with Crippen molar-refractivity contribution >= 4 is 40.6 Å². The van der Waals surface area contributed by atoms with E-state index in [9.17, 15) is 24.5 Å². The van der Waals surface area contributed by atoms with Gasteiger partial charge in [-0.15, -0.1) is 0 Å². The quantitative estimate of drug-likeness (QED) is 0.224. The molecule has 0 N–H and O–H groups in total. The SMILES string of the molecule is CCOC(=O)CCCCN1C(=O)S/C(=C\c2cccc([N+](=O)[O-])c2)C1=O. The second kappa shape index (κ2) is 9.14. The number of hydrogen-bond acceptors (Lipinski definition) is 7. The second-order valence-corrected chi connectivity index (χ2v) is 6.44. The minimum atomic E-state index is -0.521. The molecule has 0 unspecified atom stereocenters. The fraction of sp³-hybridized carbons (Fsp3) is 0.353. The Hall–Kier alpha value is -2.68. The number of carbonyl (C=O) groups is 3. The van der Waals surface area contributed by atoms with Crippen molar-refractivity contribution in [2.75, 3.05) is 13.2 Å². The van der Waals surface area contributed by atoms with E-state index in [1.165, 1.54) is 24.3 Å². The molecular weight excluding hydrogens is 360 g/mol. The number of nitrogens with zero attached hydrogens (tertiary/aromatic N) is 2. The van der Waals surface area contributed by atoms with Gasteiger partial charge in [-0.1, -0.05) is 12.1 Å². The number of nitro benzene ring substituents is 1. The smallest absolute Gasteiger partial charge is 0.305 e. The molecule has 2 rings (SSSR count). The van der Waals surface area contributed by atoms with Crippen LogP contribution in [0.3, 0.4) is 0 Å². The molecule has 1 aliphatic heterocycles. The standard InChI is InChI=1S/C17H18N2O6S/c1-2-25-15(20)8-3-4-9-18-16(21)14(26-17(18)22)11-12-6-5-7-13(10-12)19(23)24/h5-7,10-11H,2-4,8-9H2,1H3/b14-11-. The van der Waals surface area contributed by atoms with Crippen LogP contribution in [0.1, 0.15) is 31.7 Å². The van der Waals surface area contributed by atoms with Gasteiger partial charge in [0.1, 0.15) is 0 Å². The van der Waals surface area contributed by atoms with Crippen molar-refractivity contribution in [3.8, 4) is 0 Å². The maximum absolute atomic E-state index is 12.4. The summed E-state index contributed by atoms with van der Waals surface area (Å²) in [6.07, 6.45) is 2.73. The van der Waals surface area contributed by atoms with Crippen molar-refractivity contribution in [3.63, 3.8) is 0 Å². The molecule has 0 bridgehead atoms. The van der Waals surface area contributed by atoms with Crippen molar-refractivity contribution in [2.24, 2.45) is 0 Å². The number of hydrogen-bond donors (Lipinski definition) is 0. The van der Waals surface area contributed by atoms with E-state index in [0.29, 0.717) is 25.0 Å². The van der Waals surface area contributed by atoms with E-state index < -0.39 is 10.8 Å². The summed E-state index contributed by atoms with van der Waals surface area (Å²) in [6, 6.07) is 5.84. The van der Waals surface area contributed by atoms with Gasteiger partial charge in [-0.3, -0.25) is 29.4 Å². The van der Waals surface area contributed by atoms with Gasteiger partial charge in [0.15, 0.2) is 0 Å². The van der Waals surface area contributed by atoms with Gasteiger partial charge in [-0.2, -0.15) is 0 Å². The molecule has 0 aromatic heterocycles. The summed E-state index contributed by atoms with van der Waals surface area (Å²) >= 11 is 0.800. The highest BCUT2D eigenvalue weighted by atomic mass is 32.2. The molecule has 138 valence electrons. The molecule has 2 amide bonds. The fourth-order valence-electron chi connectivity index (χ4n) is 2.34. The van der Waals surface area contributed by atoms with Crippen molar-refractivity contribution in [3.05, 3.63) is 44.8 Å². The lowest BCUT2D eigenvalue weighted by molar-refractivity contribution is -0.384.